The van der Waals surface area contributed by atoms with Crippen LogP contribution in [0.3, 0.4) is 0 Å². The van der Waals surface area contributed by atoms with Gasteiger partial charge in [-0.2, -0.15) is 0 Å². The lowest BCUT2D eigenvalue weighted by Crippen LogP contribution is -2.40. The van der Waals surface area contributed by atoms with Crippen molar-refractivity contribution in [2.75, 3.05) is 10.0 Å². The minimum absolute atomic E-state index is 0.0553. The van der Waals surface area contributed by atoms with Gasteiger partial charge in [0.1, 0.15) is 0 Å². The van der Waals surface area contributed by atoms with Gasteiger partial charge >= 0.3 is 0 Å². The van der Waals surface area contributed by atoms with E-state index in [1.165, 1.54) is 12.1 Å². The molecule has 134 valence electrons. The first kappa shape index (κ1) is 19.0. The topological polar surface area (TPSA) is 101 Å². The van der Waals surface area contributed by atoms with E-state index >= 15 is 0 Å². The Kier molecular flexibility index (Phi) is 6.17. The number of nitrogens with two attached hydrogens (primary N) is 1. The zero-order valence-electron chi connectivity index (χ0n) is 14.3. The van der Waals surface area contributed by atoms with Gasteiger partial charge in [0, 0.05) is 5.69 Å². The Hall–Kier alpha value is -2.38. The maximum absolute atomic E-state index is 12.4. The first-order valence-electron chi connectivity index (χ1n) is 8.08. The van der Waals surface area contributed by atoms with Gasteiger partial charge in [0.2, 0.25) is 5.91 Å². The normalized spacial score (nSPS) is 13.7. The van der Waals surface area contributed by atoms with Gasteiger partial charge in [-0.1, -0.05) is 44.5 Å². The summed E-state index contributed by atoms with van der Waals surface area (Å²) >= 11 is 0. The highest BCUT2D eigenvalue weighted by Crippen LogP contribution is 2.20. The molecule has 25 heavy (non-hydrogen) atoms. The Bertz CT molecular complexity index is 822. The minimum Gasteiger partial charge on any atom is -0.325 e. The third kappa shape index (κ3) is 5.04. The van der Waals surface area contributed by atoms with Gasteiger partial charge in [0.05, 0.1) is 16.6 Å². The van der Waals surface area contributed by atoms with E-state index in [2.05, 4.69) is 10.0 Å². The van der Waals surface area contributed by atoms with Gasteiger partial charge < -0.3 is 11.1 Å². The van der Waals surface area contributed by atoms with Gasteiger partial charge in [0.25, 0.3) is 10.0 Å². The smallest absolute Gasteiger partial charge is 0.261 e. The molecule has 4 N–H and O–H groups in total. The highest BCUT2D eigenvalue weighted by Gasteiger charge is 2.20. The molecule has 0 spiro atoms. The summed E-state index contributed by atoms with van der Waals surface area (Å²) in [6.07, 6.45) is 0.797. The molecule has 7 heteroatoms. The molecule has 6 nitrogen and oxygen atoms in total. The van der Waals surface area contributed by atoms with E-state index < -0.39 is 16.1 Å². The Balaban J connectivity index is 2.13. The van der Waals surface area contributed by atoms with Crippen molar-refractivity contribution in [3.05, 3.63) is 54.6 Å². The number of carbonyl (C=O) groups excluding carboxylic acids is 1. The van der Waals surface area contributed by atoms with Crippen molar-refractivity contribution in [1.82, 2.24) is 0 Å². The second-order valence-corrected chi connectivity index (χ2v) is 7.58. The maximum Gasteiger partial charge on any atom is 0.261 e. The Morgan fingerprint density at radius 1 is 1.08 bits per heavy atom. The van der Waals surface area contributed by atoms with Crippen LogP contribution in [0.1, 0.15) is 20.3 Å². The number of amides is 1. The second-order valence-electron chi connectivity index (χ2n) is 5.90. The molecule has 2 aromatic carbocycles. The van der Waals surface area contributed by atoms with Crippen LogP contribution in [0.2, 0.25) is 0 Å². The van der Waals surface area contributed by atoms with Gasteiger partial charge in [-0.25, -0.2) is 8.42 Å². The van der Waals surface area contributed by atoms with Gasteiger partial charge in [0.15, 0.2) is 0 Å². The van der Waals surface area contributed by atoms with E-state index in [1.807, 2.05) is 13.8 Å². The molecule has 2 aromatic rings. The predicted molar refractivity (Wildman–Crippen MR) is 99.8 cm³/mol. The summed E-state index contributed by atoms with van der Waals surface area (Å²) in [6.45, 7) is 3.88. The summed E-state index contributed by atoms with van der Waals surface area (Å²) in [5.41, 5.74) is 6.75. The zero-order valence-corrected chi connectivity index (χ0v) is 15.1. The third-order valence-electron chi connectivity index (χ3n) is 4.00. The minimum atomic E-state index is -3.68. The first-order valence-corrected chi connectivity index (χ1v) is 9.56. The molecule has 0 radical (unpaired) electrons. The van der Waals surface area contributed by atoms with E-state index in [-0.39, 0.29) is 16.7 Å². The van der Waals surface area contributed by atoms with Crippen LogP contribution in [0.25, 0.3) is 0 Å². The average Bonchev–Trinajstić information content (AvgIpc) is 2.61. The molecule has 1 amide bonds. The van der Waals surface area contributed by atoms with Crippen molar-refractivity contribution in [2.24, 2.45) is 11.7 Å². The summed E-state index contributed by atoms with van der Waals surface area (Å²) < 4.78 is 27.2. The first-order chi connectivity index (χ1) is 11.8. The molecule has 2 rings (SSSR count). The molecule has 0 bridgehead atoms. The fourth-order valence-corrected chi connectivity index (χ4v) is 3.28. The third-order valence-corrected chi connectivity index (χ3v) is 5.39. The number of nitrogens with one attached hydrogen (secondary N) is 2. The highest BCUT2D eigenvalue weighted by atomic mass is 32.2. The summed E-state index contributed by atoms with van der Waals surface area (Å²) in [5, 5.41) is 2.72. The fourth-order valence-electron chi connectivity index (χ4n) is 2.21. The summed E-state index contributed by atoms with van der Waals surface area (Å²) in [4.78, 5) is 12.3. The van der Waals surface area contributed by atoms with Crippen LogP contribution in [0.5, 0.6) is 0 Å². The van der Waals surface area contributed by atoms with Crippen molar-refractivity contribution in [3.63, 3.8) is 0 Å². The molecule has 0 aromatic heterocycles. The maximum atomic E-state index is 12.4. The van der Waals surface area contributed by atoms with Crippen LogP contribution in [0.4, 0.5) is 11.4 Å². The Morgan fingerprint density at radius 2 is 1.72 bits per heavy atom. The molecule has 2 atom stereocenters. The summed E-state index contributed by atoms with van der Waals surface area (Å²) in [6, 6.07) is 14.0. The van der Waals surface area contributed by atoms with Crippen LogP contribution in [0.15, 0.2) is 59.5 Å². The van der Waals surface area contributed by atoms with Crippen molar-refractivity contribution in [3.8, 4) is 0 Å². The molecular formula is C18H23N3O3S. The number of rotatable bonds is 7. The Morgan fingerprint density at radius 3 is 2.36 bits per heavy atom. The predicted octanol–water partition coefficient (Wildman–Crippen LogP) is 2.80. The fraction of sp³-hybridized carbons (Fsp3) is 0.278. The monoisotopic (exact) mass is 361 g/mol. The number of carbonyl (C=O) groups is 1. The van der Waals surface area contributed by atoms with E-state index in [4.69, 9.17) is 5.73 Å². The van der Waals surface area contributed by atoms with Crippen LogP contribution in [-0.4, -0.2) is 20.4 Å². The standard InChI is InChI=1S/C18H23N3O3S/c1-3-13(2)17(19)18(22)20-14-8-7-9-15(12-14)21-25(23,24)16-10-5-4-6-11-16/h4-13,17,21H,3,19H2,1-2H3,(H,20,22). The molecule has 0 aliphatic carbocycles. The molecule has 0 aliphatic heterocycles. The van der Waals surface area contributed by atoms with Crippen LogP contribution >= 0.6 is 0 Å². The van der Waals surface area contributed by atoms with Crippen LogP contribution < -0.4 is 15.8 Å². The number of sulfonamides is 1. The average molecular weight is 361 g/mol. The number of anilines is 2. The van der Waals surface area contributed by atoms with Crippen LogP contribution in [0, 0.1) is 5.92 Å². The van der Waals surface area contributed by atoms with E-state index in [9.17, 15) is 13.2 Å². The SMILES string of the molecule is CCC(C)C(N)C(=O)Nc1cccc(NS(=O)(=O)c2ccccc2)c1. The number of hydrogen-bond donors (Lipinski definition) is 3. The largest absolute Gasteiger partial charge is 0.325 e. The summed E-state index contributed by atoms with van der Waals surface area (Å²) in [7, 11) is -3.68. The van der Waals surface area contributed by atoms with Crippen molar-refractivity contribution in [1.29, 1.82) is 0 Å². The Labute approximate surface area is 148 Å². The van der Waals surface area contributed by atoms with Crippen molar-refractivity contribution >= 4 is 27.3 Å². The summed E-state index contributed by atoms with van der Waals surface area (Å²) in [5.74, 6) is -0.239. The number of hydrogen-bond acceptors (Lipinski definition) is 4. The lowest BCUT2D eigenvalue weighted by molar-refractivity contribution is -0.118. The molecule has 0 aliphatic rings. The van der Waals surface area contributed by atoms with E-state index in [0.29, 0.717) is 11.4 Å². The van der Waals surface area contributed by atoms with Gasteiger partial charge in [-0.15, -0.1) is 0 Å². The van der Waals surface area contributed by atoms with Gasteiger partial charge in [-0.3, -0.25) is 9.52 Å². The van der Waals surface area contributed by atoms with E-state index in [0.717, 1.165) is 6.42 Å². The number of benzene rings is 2. The molecule has 0 heterocycles. The second kappa shape index (κ2) is 8.13. The molecular weight excluding hydrogens is 338 g/mol. The zero-order chi connectivity index (χ0) is 18.4. The molecule has 0 fully saturated rings. The van der Waals surface area contributed by atoms with Crippen molar-refractivity contribution < 1.29 is 13.2 Å². The van der Waals surface area contributed by atoms with Crippen LogP contribution in [-0.2, 0) is 14.8 Å². The van der Waals surface area contributed by atoms with E-state index in [1.54, 1.807) is 42.5 Å². The van der Waals surface area contributed by atoms with Crippen molar-refractivity contribution in [2.45, 2.75) is 31.2 Å². The highest BCUT2D eigenvalue weighted by molar-refractivity contribution is 7.92. The lowest BCUT2D eigenvalue weighted by Gasteiger charge is -2.18. The lowest BCUT2D eigenvalue weighted by atomic mass is 9.99. The molecule has 0 saturated heterocycles. The molecule has 2 unspecified atom stereocenters. The molecule has 0 saturated carbocycles. The van der Waals surface area contributed by atoms with Gasteiger partial charge in [-0.05, 0) is 36.2 Å². The quantitative estimate of drug-likeness (QED) is 0.706.